The van der Waals surface area contributed by atoms with Gasteiger partial charge in [-0.3, -0.25) is 0 Å². The van der Waals surface area contributed by atoms with Crippen LogP contribution in [0.4, 0.5) is 0 Å². The zero-order valence-electron chi connectivity index (χ0n) is 31.0. The van der Waals surface area contributed by atoms with E-state index >= 15 is 0 Å². The molecule has 0 amide bonds. The van der Waals surface area contributed by atoms with E-state index in [2.05, 4.69) is 6.58 Å². The van der Waals surface area contributed by atoms with E-state index in [0.29, 0.717) is 53.6 Å². The normalized spacial score (nSPS) is 12.0. The highest BCUT2D eigenvalue weighted by Gasteiger charge is 2.15. The van der Waals surface area contributed by atoms with Crippen LogP contribution < -0.4 is 20.7 Å². The van der Waals surface area contributed by atoms with Gasteiger partial charge in [-0.15, -0.1) is 11.8 Å². The summed E-state index contributed by atoms with van der Waals surface area (Å²) in [7, 11) is 0. The number of hydrogen-bond acceptors (Lipinski definition) is 9. The van der Waals surface area contributed by atoms with Crippen molar-refractivity contribution in [3.05, 3.63) is 142 Å². The number of thioether (sulfide) groups is 1. The lowest BCUT2D eigenvalue weighted by atomic mass is 10.0. The van der Waals surface area contributed by atoms with Crippen molar-refractivity contribution in [2.24, 2.45) is 5.92 Å². The highest BCUT2D eigenvalue weighted by molar-refractivity contribution is 8.02. The van der Waals surface area contributed by atoms with Crippen LogP contribution in [-0.4, -0.2) is 43.4 Å². The van der Waals surface area contributed by atoms with Gasteiger partial charge >= 0.3 is 11.3 Å². The van der Waals surface area contributed by atoms with Crippen LogP contribution in [0.5, 0.6) is 11.5 Å². The summed E-state index contributed by atoms with van der Waals surface area (Å²) in [6.45, 7) is 5.27. The summed E-state index contributed by atoms with van der Waals surface area (Å²) < 4.78 is 29.9. The Morgan fingerprint density at radius 1 is 0.655 bits per heavy atom. The van der Waals surface area contributed by atoms with Gasteiger partial charge in [-0.1, -0.05) is 73.7 Å². The predicted molar refractivity (Wildman–Crippen MR) is 222 cm³/mol. The molecule has 4 aromatic carbocycles. The lowest BCUT2D eigenvalue weighted by molar-refractivity contribution is -0.000565. The molecule has 0 spiro atoms. The third-order valence-electron chi connectivity index (χ3n) is 9.53. The van der Waals surface area contributed by atoms with Crippen LogP contribution in [0, 0.1) is 5.92 Å². The monoisotopic (exact) mass is 760 g/mol. The summed E-state index contributed by atoms with van der Waals surface area (Å²) in [6.07, 6.45) is 5.99. The number of hydrogen-bond donors (Lipinski definition) is 1. The van der Waals surface area contributed by atoms with E-state index in [0.717, 1.165) is 72.6 Å². The maximum absolute atomic E-state index is 12.8. The average molecular weight is 761 g/mol. The van der Waals surface area contributed by atoms with Gasteiger partial charge in [-0.05, 0) is 97.2 Å². The van der Waals surface area contributed by atoms with Crippen molar-refractivity contribution in [1.82, 2.24) is 0 Å². The maximum atomic E-state index is 12.8. The Kier molecular flexibility index (Phi) is 14.8. The number of aliphatic hydroxyl groups is 1. The lowest BCUT2D eigenvalue weighted by Crippen LogP contribution is -2.22. The summed E-state index contributed by atoms with van der Waals surface area (Å²) in [5, 5.41) is 13.6. The lowest BCUT2D eigenvalue weighted by Gasteiger charge is -2.22. The molecule has 286 valence electrons. The minimum Gasteiger partial charge on any atom is -0.493 e. The number of aliphatic hydroxyl groups excluding tert-OH is 1. The Balaban J connectivity index is 1.02. The van der Waals surface area contributed by atoms with Gasteiger partial charge < -0.3 is 28.2 Å². The summed E-state index contributed by atoms with van der Waals surface area (Å²) in [5.74, 6) is 2.37. The van der Waals surface area contributed by atoms with Crippen molar-refractivity contribution in [3.63, 3.8) is 0 Å². The van der Waals surface area contributed by atoms with E-state index in [-0.39, 0.29) is 29.9 Å². The van der Waals surface area contributed by atoms with Crippen LogP contribution >= 0.6 is 11.8 Å². The van der Waals surface area contributed by atoms with E-state index in [1.165, 1.54) is 0 Å². The first-order valence-electron chi connectivity index (χ1n) is 19.0. The van der Waals surface area contributed by atoms with Crippen LogP contribution in [0.2, 0.25) is 0 Å². The zero-order valence-corrected chi connectivity index (χ0v) is 31.8. The standard InChI is InChI=1S/C46H48O8S/c1-2-55-26-10-9-13-33(31-47)32-52-38(18-11-24-50-39-22-20-36-27-41(34-14-5-3-6-15-34)45(48)53-43(36)29-39)19-12-25-51-40-23-21-37-28-42(35-16-7-4-8-17-35)46(49)54-44(37)30-40/h2-8,14-17,20-23,27-30,33,38,47H,1,9-13,18-19,24-26,31-32H2. The zero-order chi connectivity index (χ0) is 38.2. The quantitative estimate of drug-likeness (QED) is 0.0534. The van der Waals surface area contributed by atoms with Gasteiger partial charge in [0.1, 0.15) is 22.7 Å². The van der Waals surface area contributed by atoms with Gasteiger partial charge in [-0.2, -0.15) is 0 Å². The Labute approximate surface area is 325 Å². The largest absolute Gasteiger partial charge is 0.493 e. The molecule has 0 aliphatic rings. The second-order valence-electron chi connectivity index (χ2n) is 13.5. The molecule has 1 atom stereocenters. The van der Waals surface area contributed by atoms with Crippen molar-refractivity contribution in [3.8, 4) is 33.8 Å². The van der Waals surface area contributed by atoms with Crippen LogP contribution in [0.25, 0.3) is 44.2 Å². The van der Waals surface area contributed by atoms with E-state index in [9.17, 15) is 14.7 Å². The van der Waals surface area contributed by atoms with Crippen molar-refractivity contribution in [2.45, 2.75) is 51.0 Å². The Bertz CT molecular complexity index is 2090. The Hall–Kier alpha value is -5.09. The topological polar surface area (TPSA) is 108 Å². The summed E-state index contributed by atoms with van der Waals surface area (Å²) in [6, 6.07) is 33.8. The van der Waals surface area contributed by atoms with Gasteiger partial charge in [0, 0.05) is 35.4 Å². The molecule has 0 aliphatic heterocycles. The molecule has 9 heteroatoms. The molecule has 1 unspecified atom stereocenters. The molecule has 2 aromatic heterocycles. The predicted octanol–water partition coefficient (Wildman–Crippen LogP) is 10.3. The molecule has 0 saturated heterocycles. The van der Waals surface area contributed by atoms with E-state index in [1.807, 2.05) is 102 Å². The van der Waals surface area contributed by atoms with E-state index in [4.69, 9.17) is 23.0 Å². The fourth-order valence-electron chi connectivity index (χ4n) is 6.51. The molecule has 0 aliphatic carbocycles. The molecule has 0 bridgehead atoms. The molecule has 8 nitrogen and oxygen atoms in total. The smallest absolute Gasteiger partial charge is 0.344 e. The Morgan fingerprint density at radius 2 is 1.18 bits per heavy atom. The molecule has 0 radical (unpaired) electrons. The SMILES string of the molecule is C=CSCCCCC(CO)COC(CCCOc1ccc2cc(-c3ccccc3)c(=O)oc2c1)CCCOc1ccc2cc(-c3ccccc3)c(=O)oc2c1. The number of benzene rings is 4. The maximum Gasteiger partial charge on any atom is 0.344 e. The molecule has 0 fully saturated rings. The van der Waals surface area contributed by atoms with Gasteiger partial charge in [-0.25, -0.2) is 9.59 Å². The van der Waals surface area contributed by atoms with Crippen LogP contribution in [0.1, 0.15) is 44.9 Å². The first-order valence-corrected chi connectivity index (χ1v) is 20.0. The number of unbranched alkanes of at least 4 members (excludes halogenated alkanes) is 1. The first-order chi connectivity index (χ1) is 27.0. The molecular formula is C46H48O8S. The van der Waals surface area contributed by atoms with E-state index < -0.39 is 0 Å². The minimum atomic E-state index is -0.388. The molecule has 6 aromatic rings. The van der Waals surface area contributed by atoms with Crippen LogP contribution in [-0.2, 0) is 4.74 Å². The second-order valence-corrected chi connectivity index (χ2v) is 14.6. The first kappa shape index (κ1) is 39.6. The highest BCUT2D eigenvalue weighted by Crippen LogP contribution is 2.27. The molecule has 2 heterocycles. The second kappa shape index (κ2) is 20.6. The third-order valence-corrected chi connectivity index (χ3v) is 10.3. The van der Waals surface area contributed by atoms with Gasteiger partial charge in [0.2, 0.25) is 0 Å². The summed E-state index contributed by atoms with van der Waals surface area (Å²) in [4.78, 5) is 25.5. The van der Waals surface area contributed by atoms with E-state index in [1.54, 1.807) is 23.9 Å². The van der Waals surface area contributed by atoms with Gasteiger partial charge in [0.25, 0.3) is 0 Å². The van der Waals surface area contributed by atoms with Crippen LogP contribution in [0.15, 0.2) is 140 Å². The van der Waals surface area contributed by atoms with Gasteiger partial charge in [0.15, 0.2) is 0 Å². The number of fused-ring (bicyclic) bond motifs is 2. The molecular weight excluding hydrogens is 713 g/mol. The summed E-state index contributed by atoms with van der Waals surface area (Å²) in [5.41, 5.74) is 2.86. The number of ether oxygens (including phenoxy) is 3. The van der Waals surface area contributed by atoms with Crippen molar-refractivity contribution in [2.75, 3.05) is 32.2 Å². The molecule has 6 rings (SSSR count). The summed E-state index contributed by atoms with van der Waals surface area (Å²) >= 11 is 1.71. The highest BCUT2D eigenvalue weighted by atomic mass is 32.2. The van der Waals surface area contributed by atoms with Crippen molar-refractivity contribution < 1.29 is 28.2 Å². The fraction of sp³-hybridized carbons (Fsp3) is 0.304. The molecule has 55 heavy (non-hydrogen) atoms. The van der Waals surface area contributed by atoms with Crippen molar-refractivity contribution >= 4 is 33.7 Å². The van der Waals surface area contributed by atoms with Crippen LogP contribution in [0.3, 0.4) is 0 Å². The molecule has 1 N–H and O–H groups in total. The van der Waals surface area contributed by atoms with Gasteiger partial charge in [0.05, 0.1) is 37.1 Å². The average Bonchev–Trinajstić information content (AvgIpc) is 3.21. The fourth-order valence-corrected chi connectivity index (χ4v) is 7.05. The molecule has 0 saturated carbocycles. The minimum absolute atomic E-state index is 0.0466. The van der Waals surface area contributed by atoms with Crippen molar-refractivity contribution in [1.29, 1.82) is 0 Å². The third kappa shape index (κ3) is 11.5. The Morgan fingerprint density at radius 3 is 1.67 bits per heavy atom. The number of rotatable bonds is 22.